The Labute approximate surface area is 355 Å². The molecule has 1 aromatic heterocycles. The monoisotopic (exact) mass is 777 g/mol. The van der Waals surface area contributed by atoms with Crippen molar-refractivity contribution < 1.29 is 4.42 Å². The molecule has 12 rings (SSSR count). The summed E-state index contributed by atoms with van der Waals surface area (Å²) in [6, 6.07) is 85.8. The SMILES string of the molecule is c1ccc(N(c2ccccc2)c2cccc3oc4c5ccccc5c(-c5cccc(-c6ccc7c(c6)C(c6ccccc6)(c6ccccc6)c6ccccc6-7)c5)cc4c23)cc1. The van der Waals surface area contributed by atoms with Gasteiger partial charge in [-0.05, 0) is 116 Å². The average Bonchev–Trinajstić information content (AvgIpc) is 3.87. The fraction of sp³-hybridized carbons (Fsp3) is 0.0169. The molecule has 0 unspecified atom stereocenters. The minimum Gasteiger partial charge on any atom is -0.455 e. The van der Waals surface area contributed by atoms with Crippen molar-refractivity contribution in [2.24, 2.45) is 0 Å². The molecule has 0 saturated heterocycles. The molecule has 0 radical (unpaired) electrons. The van der Waals surface area contributed by atoms with Crippen molar-refractivity contribution in [1.82, 2.24) is 0 Å². The second kappa shape index (κ2) is 14.1. The summed E-state index contributed by atoms with van der Waals surface area (Å²) in [6.45, 7) is 0. The van der Waals surface area contributed by atoms with Crippen LogP contribution in [0.15, 0.2) is 241 Å². The lowest BCUT2D eigenvalue weighted by Crippen LogP contribution is -2.28. The number of para-hydroxylation sites is 2. The molecule has 0 bridgehead atoms. The van der Waals surface area contributed by atoms with Crippen molar-refractivity contribution in [3.8, 4) is 33.4 Å². The zero-order chi connectivity index (χ0) is 40.3. The average molecular weight is 778 g/mol. The van der Waals surface area contributed by atoms with Gasteiger partial charge in [0.2, 0.25) is 0 Å². The Morgan fingerprint density at radius 3 is 1.61 bits per heavy atom. The smallest absolute Gasteiger partial charge is 0.143 e. The van der Waals surface area contributed by atoms with E-state index in [0.29, 0.717) is 0 Å². The molecule has 11 aromatic rings. The summed E-state index contributed by atoms with van der Waals surface area (Å²) in [5.74, 6) is 0. The maximum absolute atomic E-state index is 6.85. The number of fused-ring (bicyclic) bond motifs is 8. The number of furan rings is 1. The van der Waals surface area contributed by atoms with Crippen molar-refractivity contribution in [1.29, 1.82) is 0 Å². The summed E-state index contributed by atoms with van der Waals surface area (Å²) in [7, 11) is 0. The number of hydrogen-bond donors (Lipinski definition) is 0. The molecule has 0 amide bonds. The van der Waals surface area contributed by atoms with Gasteiger partial charge in [0.05, 0.1) is 16.5 Å². The summed E-state index contributed by atoms with van der Waals surface area (Å²) >= 11 is 0. The molecule has 1 heterocycles. The summed E-state index contributed by atoms with van der Waals surface area (Å²) in [4.78, 5) is 2.34. The largest absolute Gasteiger partial charge is 0.455 e. The molecule has 10 aromatic carbocycles. The Hall–Kier alpha value is -7.94. The van der Waals surface area contributed by atoms with Gasteiger partial charge in [0.15, 0.2) is 0 Å². The van der Waals surface area contributed by atoms with Crippen molar-refractivity contribution in [2.75, 3.05) is 4.90 Å². The first-order chi connectivity index (χ1) is 30.3. The van der Waals surface area contributed by atoms with Crippen LogP contribution in [0.25, 0.3) is 66.1 Å². The van der Waals surface area contributed by atoms with Gasteiger partial charge in [-0.2, -0.15) is 0 Å². The highest BCUT2D eigenvalue weighted by Gasteiger charge is 2.46. The molecule has 2 heteroatoms. The summed E-state index contributed by atoms with van der Waals surface area (Å²) in [5.41, 5.74) is 17.0. The lowest BCUT2D eigenvalue weighted by atomic mass is 9.67. The van der Waals surface area contributed by atoms with E-state index in [2.05, 4.69) is 241 Å². The highest BCUT2D eigenvalue weighted by Crippen LogP contribution is 2.57. The van der Waals surface area contributed by atoms with E-state index in [4.69, 9.17) is 4.42 Å². The van der Waals surface area contributed by atoms with E-state index in [9.17, 15) is 0 Å². The molecule has 0 fully saturated rings. The van der Waals surface area contributed by atoms with Crippen molar-refractivity contribution in [3.63, 3.8) is 0 Å². The van der Waals surface area contributed by atoms with Crippen LogP contribution in [0.2, 0.25) is 0 Å². The van der Waals surface area contributed by atoms with Gasteiger partial charge in [-0.3, -0.25) is 0 Å². The summed E-state index contributed by atoms with van der Waals surface area (Å²) < 4.78 is 6.85. The lowest BCUT2D eigenvalue weighted by Gasteiger charge is -2.34. The van der Waals surface area contributed by atoms with Crippen molar-refractivity contribution in [3.05, 3.63) is 259 Å². The van der Waals surface area contributed by atoms with E-state index < -0.39 is 5.41 Å². The Kier molecular flexibility index (Phi) is 8.11. The third-order valence-electron chi connectivity index (χ3n) is 12.7. The quantitative estimate of drug-likeness (QED) is 0.160. The van der Waals surface area contributed by atoms with Gasteiger partial charge in [-0.25, -0.2) is 0 Å². The lowest BCUT2D eigenvalue weighted by molar-refractivity contribution is 0.672. The molecule has 286 valence electrons. The zero-order valence-electron chi connectivity index (χ0n) is 33.4. The predicted octanol–water partition coefficient (Wildman–Crippen LogP) is 15.9. The molecular formula is C59H39NO. The molecular weight excluding hydrogens is 739 g/mol. The van der Waals surface area contributed by atoms with Crippen LogP contribution < -0.4 is 4.90 Å². The highest BCUT2D eigenvalue weighted by molar-refractivity contribution is 6.22. The Morgan fingerprint density at radius 1 is 0.344 bits per heavy atom. The van der Waals surface area contributed by atoms with Crippen LogP contribution in [-0.2, 0) is 5.41 Å². The van der Waals surface area contributed by atoms with Gasteiger partial charge in [0.1, 0.15) is 11.2 Å². The van der Waals surface area contributed by atoms with Gasteiger partial charge < -0.3 is 9.32 Å². The van der Waals surface area contributed by atoms with Crippen molar-refractivity contribution >= 4 is 49.8 Å². The van der Waals surface area contributed by atoms with Crippen LogP contribution >= 0.6 is 0 Å². The Morgan fingerprint density at radius 2 is 0.902 bits per heavy atom. The van der Waals surface area contributed by atoms with Gasteiger partial charge in [0, 0.05) is 22.1 Å². The third kappa shape index (κ3) is 5.43. The van der Waals surface area contributed by atoms with E-state index in [0.717, 1.165) is 55.3 Å². The van der Waals surface area contributed by atoms with Crippen molar-refractivity contribution in [2.45, 2.75) is 5.41 Å². The van der Waals surface area contributed by atoms with E-state index >= 15 is 0 Å². The fourth-order valence-electron chi connectivity index (χ4n) is 10.1. The topological polar surface area (TPSA) is 16.4 Å². The minimum absolute atomic E-state index is 0.462. The number of nitrogens with zero attached hydrogens (tertiary/aromatic N) is 1. The first kappa shape index (κ1) is 35.0. The standard InChI is InChI=1S/C59H39NO/c1-5-21-43(22-6-1)59(44-23-7-2-8-24-44)53-32-16-15-30-48(53)49-36-35-41(38-54(49)59)40-19-17-20-42(37-40)51-39-52-57-55(60(45-25-9-3-10-26-45)46-27-11-4-12-28-46)33-18-34-56(57)61-58(52)50-31-14-13-29-47(50)51/h1-39H. The molecule has 1 aliphatic rings. The normalized spacial score (nSPS) is 12.7. The van der Waals surface area contributed by atoms with Crippen LogP contribution in [0.5, 0.6) is 0 Å². The second-order valence-electron chi connectivity index (χ2n) is 16.0. The molecule has 0 aliphatic heterocycles. The maximum Gasteiger partial charge on any atom is 0.143 e. The first-order valence-electron chi connectivity index (χ1n) is 21.0. The van der Waals surface area contributed by atoms with E-state index in [1.165, 1.54) is 50.1 Å². The van der Waals surface area contributed by atoms with Gasteiger partial charge in [-0.1, -0.05) is 182 Å². The number of anilines is 3. The summed E-state index contributed by atoms with van der Waals surface area (Å²) in [6.07, 6.45) is 0. The molecule has 0 atom stereocenters. The Balaban J connectivity index is 1.06. The van der Waals surface area contributed by atoms with Gasteiger partial charge in [-0.15, -0.1) is 0 Å². The predicted molar refractivity (Wildman–Crippen MR) is 254 cm³/mol. The molecule has 1 aliphatic carbocycles. The molecule has 0 spiro atoms. The van der Waals surface area contributed by atoms with E-state index in [1.807, 2.05) is 0 Å². The molecule has 0 N–H and O–H groups in total. The van der Waals surface area contributed by atoms with Crippen LogP contribution in [0, 0.1) is 0 Å². The third-order valence-corrected chi connectivity index (χ3v) is 12.7. The minimum atomic E-state index is -0.462. The number of rotatable bonds is 7. The number of hydrogen-bond acceptors (Lipinski definition) is 2. The Bertz CT molecular complexity index is 3330. The zero-order valence-corrected chi connectivity index (χ0v) is 33.4. The summed E-state index contributed by atoms with van der Waals surface area (Å²) in [5, 5.41) is 4.43. The van der Waals surface area contributed by atoms with E-state index in [-0.39, 0.29) is 0 Å². The van der Waals surface area contributed by atoms with Crippen LogP contribution in [0.4, 0.5) is 17.1 Å². The maximum atomic E-state index is 6.85. The van der Waals surface area contributed by atoms with Crippen LogP contribution in [0.1, 0.15) is 22.3 Å². The fourth-order valence-corrected chi connectivity index (χ4v) is 10.1. The first-order valence-corrected chi connectivity index (χ1v) is 21.0. The van der Waals surface area contributed by atoms with Gasteiger partial charge >= 0.3 is 0 Å². The second-order valence-corrected chi connectivity index (χ2v) is 16.0. The molecule has 61 heavy (non-hydrogen) atoms. The molecule has 0 saturated carbocycles. The molecule has 2 nitrogen and oxygen atoms in total. The highest BCUT2D eigenvalue weighted by atomic mass is 16.3. The van der Waals surface area contributed by atoms with Gasteiger partial charge in [0.25, 0.3) is 0 Å². The van der Waals surface area contributed by atoms with E-state index in [1.54, 1.807) is 0 Å². The number of benzene rings is 10. The van der Waals surface area contributed by atoms with Crippen LogP contribution in [0.3, 0.4) is 0 Å². The van der Waals surface area contributed by atoms with Crippen LogP contribution in [-0.4, -0.2) is 0 Å².